The van der Waals surface area contributed by atoms with Crippen LogP contribution in [0.4, 0.5) is 5.69 Å². The number of hydrogen-bond donors (Lipinski definition) is 4. The van der Waals surface area contributed by atoms with Crippen molar-refractivity contribution in [3.05, 3.63) is 29.8 Å². The molecule has 1 saturated carbocycles. The SMILES string of the molecule is CC(=O)NC(C(=O)Nc1ccc(C(=O)NCCC(=O)O)cc1)C1CCCC1. The van der Waals surface area contributed by atoms with Crippen LogP contribution in [0.2, 0.25) is 0 Å². The Hall–Kier alpha value is -2.90. The van der Waals surface area contributed by atoms with E-state index in [0.717, 1.165) is 25.7 Å². The molecule has 0 aliphatic heterocycles. The maximum absolute atomic E-state index is 12.6. The summed E-state index contributed by atoms with van der Waals surface area (Å²) in [6.07, 6.45) is 3.78. The number of amides is 3. The zero-order valence-electron chi connectivity index (χ0n) is 15.3. The molecule has 146 valence electrons. The van der Waals surface area contributed by atoms with Gasteiger partial charge in [0.1, 0.15) is 6.04 Å². The van der Waals surface area contributed by atoms with Gasteiger partial charge >= 0.3 is 5.97 Å². The van der Waals surface area contributed by atoms with Crippen LogP contribution in [0.25, 0.3) is 0 Å². The van der Waals surface area contributed by atoms with Gasteiger partial charge in [0.2, 0.25) is 11.8 Å². The van der Waals surface area contributed by atoms with Gasteiger partial charge in [-0.05, 0) is 43.0 Å². The first-order valence-electron chi connectivity index (χ1n) is 9.05. The number of carbonyl (C=O) groups excluding carboxylic acids is 3. The number of anilines is 1. The third kappa shape index (κ3) is 6.40. The molecule has 27 heavy (non-hydrogen) atoms. The summed E-state index contributed by atoms with van der Waals surface area (Å²) in [7, 11) is 0. The summed E-state index contributed by atoms with van der Waals surface area (Å²) in [6, 6.07) is 5.74. The normalized spacial score (nSPS) is 15.0. The predicted octanol–water partition coefficient (Wildman–Crippen LogP) is 1.52. The van der Waals surface area contributed by atoms with Crippen LogP contribution in [0.15, 0.2) is 24.3 Å². The van der Waals surface area contributed by atoms with E-state index in [2.05, 4.69) is 16.0 Å². The molecule has 0 spiro atoms. The number of carbonyl (C=O) groups is 4. The van der Waals surface area contributed by atoms with Gasteiger partial charge < -0.3 is 21.1 Å². The van der Waals surface area contributed by atoms with E-state index in [1.165, 1.54) is 6.92 Å². The van der Waals surface area contributed by atoms with Crippen molar-refractivity contribution >= 4 is 29.4 Å². The molecule has 2 rings (SSSR count). The van der Waals surface area contributed by atoms with Crippen molar-refractivity contribution in [1.29, 1.82) is 0 Å². The molecule has 0 bridgehead atoms. The molecular weight excluding hydrogens is 350 g/mol. The minimum Gasteiger partial charge on any atom is -0.481 e. The van der Waals surface area contributed by atoms with Gasteiger partial charge in [0.25, 0.3) is 5.91 Å². The Kier molecular flexibility index (Phi) is 7.34. The van der Waals surface area contributed by atoms with Crippen molar-refractivity contribution in [3.63, 3.8) is 0 Å². The summed E-state index contributed by atoms with van der Waals surface area (Å²) < 4.78 is 0. The molecule has 0 saturated heterocycles. The lowest BCUT2D eigenvalue weighted by Crippen LogP contribution is -2.47. The molecule has 1 fully saturated rings. The van der Waals surface area contributed by atoms with Crippen LogP contribution in [0.1, 0.15) is 49.4 Å². The Morgan fingerprint density at radius 3 is 2.30 bits per heavy atom. The first kappa shape index (κ1) is 20.4. The summed E-state index contributed by atoms with van der Waals surface area (Å²) in [5.74, 6) is -1.74. The van der Waals surface area contributed by atoms with E-state index in [0.29, 0.717) is 11.3 Å². The highest BCUT2D eigenvalue weighted by Crippen LogP contribution is 2.28. The monoisotopic (exact) mass is 375 g/mol. The first-order valence-corrected chi connectivity index (χ1v) is 9.05. The van der Waals surface area contributed by atoms with Gasteiger partial charge in [-0.15, -0.1) is 0 Å². The Labute approximate surface area is 157 Å². The average molecular weight is 375 g/mol. The first-order chi connectivity index (χ1) is 12.9. The molecule has 1 unspecified atom stereocenters. The smallest absolute Gasteiger partial charge is 0.305 e. The largest absolute Gasteiger partial charge is 0.481 e. The number of aliphatic carboxylic acids is 1. The highest BCUT2D eigenvalue weighted by atomic mass is 16.4. The van der Waals surface area contributed by atoms with Crippen LogP contribution in [0.5, 0.6) is 0 Å². The topological polar surface area (TPSA) is 125 Å². The van der Waals surface area contributed by atoms with Gasteiger partial charge in [0, 0.05) is 24.7 Å². The number of nitrogens with one attached hydrogen (secondary N) is 3. The van der Waals surface area contributed by atoms with Crippen molar-refractivity contribution in [3.8, 4) is 0 Å². The summed E-state index contributed by atoms with van der Waals surface area (Å²) in [6.45, 7) is 1.44. The molecule has 4 N–H and O–H groups in total. The minimum absolute atomic E-state index is 0.0481. The number of benzene rings is 1. The van der Waals surface area contributed by atoms with Crippen LogP contribution in [0.3, 0.4) is 0 Å². The van der Waals surface area contributed by atoms with Crippen LogP contribution in [-0.4, -0.2) is 41.4 Å². The highest BCUT2D eigenvalue weighted by Gasteiger charge is 2.31. The zero-order valence-corrected chi connectivity index (χ0v) is 15.3. The van der Waals surface area contributed by atoms with Crippen LogP contribution < -0.4 is 16.0 Å². The molecule has 3 amide bonds. The van der Waals surface area contributed by atoms with Gasteiger partial charge in [-0.1, -0.05) is 12.8 Å². The minimum atomic E-state index is -0.982. The average Bonchev–Trinajstić information content (AvgIpc) is 3.14. The lowest BCUT2D eigenvalue weighted by molar-refractivity contribution is -0.136. The molecule has 1 aromatic carbocycles. The quantitative estimate of drug-likeness (QED) is 0.548. The maximum atomic E-state index is 12.6. The molecule has 1 aliphatic carbocycles. The number of rotatable bonds is 8. The zero-order chi connectivity index (χ0) is 19.8. The summed E-state index contributed by atoms with van der Waals surface area (Å²) in [4.78, 5) is 46.4. The van der Waals surface area contributed by atoms with Gasteiger partial charge in [-0.3, -0.25) is 19.2 Å². The van der Waals surface area contributed by atoms with Crippen molar-refractivity contribution in [1.82, 2.24) is 10.6 Å². The molecule has 0 heterocycles. The molecule has 0 radical (unpaired) electrons. The van der Waals surface area contributed by atoms with E-state index in [4.69, 9.17) is 5.11 Å². The van der Waals surface area contributed by atoms with Crippen molar-refractivity contribution in [2.75, 3.05) is 11.9 Å². The standard InChI is InChI=1S/C19H25N3O5/c1-12(23)21-17(13-4-2-3-5-13)19(27)22-15-8-6-14(7-9-15)18(26)20-11-10-16(24)25/h6-9,13,17H,2-5,10-11H2,1H3,(H,20,26)(H,21,23)(H,22,27)(H,24,25). The molecule has 0 aromatic heterocycles. The van der Waals surface area contributed by atoms with E-state index < -0.39 is 12.0 Å². The van der Waals surface area contributed by atoms with Crippen LogP contribution in [0, 0.1) is 5.92 Å². The van der Waals surface area contributed by atoms with E-state index in [9.17, 15) is 19.2 Å². The molecular formula is C19H25N3O5. The number of hydrogen-bond acceptors (Lipinski definition) is 4. The summed E-state index contributed by atoms with van der Waals surface area (Å²) in [5.41, 5.74) is 0.892. The summed E-state index contributed by atoms with van der Waals surface area (Å²) in [5, 5.41) is 16.6. The third-order valence-corrected chi connectivity index (χ3v) is 4.55. The molecule has 1 atom stereocenters. The Morgan fingerprint density at radius 2 is 1.74 bits per heavy atom. The fourth-order valence-electron chi connectivity index (χ4n) is 3.22. The fraction of sp³-hybridized carbons (Fsp3) is 0.474. The van der Waals surface area contributed by atoms with E-state index in [1.807, 2.05) is 0 Å². The van der Waals surface area contributed by atoms with E-state index >= 15 is 0 Å². The van der Waals surface area contributed by atoms with Crippen molar-refractivity contribution in [2.45, 2.75) is 45.1 Å². The Balaban J connectivity index is 1.95. The fourth-order valence-corrected chi connectivity index (χ4v) is 3.22. The third-order valence-electron chi connectivity index (χ3n) is 4.55. The second-order valence-corrected chi connectivity index (χ2v) is 6.69. The second-order valence-electron chi connectivity index (χ2n) is 6.69. The van der Waals surface area contributed by atoms with E-state index in [1.54, 1.807) is 24.3 Å². The van der Waals surface area contributed by atoms with Crippen molar-refractivity contribution in [2.24, 2.45) is 5.92 Å². The van der Waals surface area contributed by atoms with Gasteiger partial charge in [0.15, 0.2) is 0 Å². The Morgan fingerprint density at radius 1 is 1.11 bits per heavy atom. The summed E-state index contributed by atoms with van der Waals surface area (Å²) >= 11 is 0. The molecule has 1 aliphatic rings. The van der Waals surface area contributed by atoms with Crippen molar-refractivity contribution < 1.29 is 24.3 Å². The number of carboxylic acids is 1. The van der Waals surface area contributed by atoms with E-state index in [-0.39, 0.29) is 36.6 Å². The maximum Gasteiger partial charge on any atom is 0.305 e. The van der Waals surface area contributed by atoms with Gasteiger partial charge in [-0.2, -0.15) is 0 Å². The molecule has 1 aromatic rings. The lowest BCUT2D eigenvalue weighted by Gasteiger charge is -2.23. The molecule has 8 nitrogen and oxygen atoms in total. The second kappa shape index (κ2) is 9.70. The van der Waals surface area contributed by atoms with Crippen LogP contribution in [-0.2, 0) is 14.4 Å². The molecule has 8 heteroatoms. The van der Waals surface area contributed by atoms with Gasteiger partial charge in [-0.25, -0.2) is 0 Å². The lowest BCUT2D eigenvalue weighted by atomic mass is 9.97. The highest BCUT2D eigenvalue weighted by molar-refractivity contribution is 5.98. The van der Waals surface area contributed by atoms with Gasteiger partial charge in [0.05, 0.1) is 6.42 Å². The Bertz CT molecular complexity index is 696. The van der Waals surface area contributed by atoms with Crippen LogP contribution >= 0.6 is 0 Å². The predicted molar refractivity (Wildman–Crippen MR) is 99.2 cm³/mol. The number of carboxylic acid groups (broad SMARTS) is 1.